The summed E-state index contributed by atoms with van der Waals surface area (Å²) in [6.45, 7) is 1.45. The maximum atomic E-state index is 14.3. The first-order valence-corrected chi connectivity index (χ1v) is 12.8. The summed E-state index contributed by atoms with van der Waals surface area (Å²) in [5.74, 6) is -1.50. The van der Waals surface area contributed by atoms with E-state index >= 15 is 0 Å². The largest absolute Gasteiger partial charge is 0.479 e. The van der Waals surface area contributed by atoms with Crippen molar-refractivity contribution in [2.45, 2.75) is 31.8 Å². The molecule has 36 heavy (non-hydrogen) atoms. The molecule has 2 heterocycles. The van der Waals surface area contributed by atoms with E-state index in [0.29, 0.717) is 24.0 Å². The average molecular weight is 543 g/mol. The number of halogens is 2. The van der Waals surface area contributed by atoms with Crippen molar-refractivity contribution in [1.29, 1.82) is 0 Å². The number of nitrogens with zero attached hydrogens (tertiary/aromatic N) is 4. The number of rotatable bonds is 10. The van der Waals surface area contributed by atoms with Gasteiger partial charge in [0.05, 0.1) is 27.2 Å². The first-order valence-electron chi connectivity index (χ1n) is 10.9. The predicted molar refractivity (Wildman–Crippen MR) is 128 cm³/mol. The number of ether oxygens (including phenoxy) is 2. The molecule has 1 aliphatic rings. The number of hydrogen-bond donors (Lipinski definition) is 2. The molecule has 3 aromatic rings. The molecule has 4 rings (SSSR count). The molecular formula is C21H25ClFN6O6P. The van der Waals surface area contributed by atoms with Gasteiger partial charge in [-0.3, -0.25) is 9.32 Å². The third-order valence-electron chi connectivity index (χ3n) is 5.70. The van der Waals surface area contributed by atoms with Crippen molar-refractivity contribution in [2.75, 3.05) is 26.6 Å². The SMILES string of the molecule is COC(=O)[C@H](C)NP(=O)(OCC1CC(n2cnc3c(OC)nc(N)nc32)C1)Oc1ccc(Cl)cc1F. The Morgan fingerprint density at radius 1 is 1.36 bits per heavy atom. The van der Waals surface area contributed by atoms with Crippen molar-refractivity contribution in [3.63, 3.8) is 0 Å². The van der Waals surface area contributed by atoms with E-state index in [2.05, 4.69) is 24.8 Å². The molecule has 194 valence electrons. The number of fused-ring (bicyclic) bond motifs is 1. The Bertz CT molecular complexity index is 1320. The molecule has 12 nitrogen and oxygen atoms in total. The summed E-state index contributed by atoms with van der Waals surface area (Å²) in [5, 5.41) is 2.64. The topological polar surface area (TPSA) is 153 Å². The Balaban J connectivity index is 1.44. The fourth-order valence-corrected chi connectivity index (χ4v) is 5.55. The van der Waals surface area contributed by atoms with Crippen molar-refractivity contribution in [1.82, 2.24) is 24.6 Å². The summed E-state index contributed by atoms with van der Waals surface area (Å²) in [7, 11) is -1.52. The number of carbonyl (C=O) groups is 1. The molecule has 0 radical (unpaired) electrons. The highest BCUT2D eigenvalue weighted by Gasteiger charge is 2.37. The molecule has 1 aromatic carbocycles. The highest BCUT2D eigenvalue weighted by atomic mass is 35.5. The minimum atomic E-state index is -4.18. The van der Waals surface area contributed by atoms with E-state index in [0.717, 1.165) is 6.07 Å². The summed E-state index contributed by atoms with van der Waals surface area (Å²) in [6, 6.07) is 2.62. The molecule has 2 aromatic heterocycles. The number of hydrogen-bond acceptors (Lipinski definition) is 10. The zero-order valence-electron chi connectivity index (χ0n) is 19.7. The Hall–Kier alpha value is -2.99. The normalized spacial score (nSPS) is 19.8. The lowest BCUT2D eigenvalue weighted by atomic mass is 9.81. The van der Waals surface area contributed by atoms with Gasteiger partial charge in [-0.1, -0.05) is 11.6 Å². The second-order valence-electron chi connectivity index (χ2n) is 8.24. The van der Waals surface area contributed by atoms with Gasteiger partial charge in [0.25, 0.3) is 0 Å². The van der Waals surface area contributed by atoms with Crippen LogP contribution in [0.5, 0.6) is 11.6 Å². The molecule has 0 bridgehead atoms. The number of esters is 1. The Morgan fingerprint density at radius 2 is 2.11 bits per heavy atom. The number of nitrogens with two attached hydrogens (primary N) is 1. The van der Waals surface area contributed by atoms with Crippen LogP contribution in [0.4, 0.5) is 10.3 Å². The van der Waals surface area contributed by atoms with E-state index in [1.165, 1.54) is 33.3 Å². The average Bonchev–Trinajstić information content (AvgIpc) is 3.22. The van der Waals surface area contributed by atoms with Gasteiger partial charge in [0.15, 0.2) is 22.7 Å². The minimum Gasteiger partial charge on any atom is -0.479 e. The van der Waals surface area contributed by atoms with E-state index in [4.69, 9.17) is 31.1 Å². The second-order valence-corrected chi connectivity index (χ2v) is 10.4. The number of anilines is 1. The van der Waals surface area contributed by atoms with Crippen LogP contribution in [0, 0.1) is 11.7 Å². The molecule has 0 saturated heterocycles. The maximum Gasteiger partial charge on any atom is 0.459 e. The number of imidazole rings is 1. The van der Waals surface area contributed by atoms with E-state index < -0.39 is 25.6 Å². The van der Waals surface area contributed by atoms with Gasteiger partial charge in [0.2, 0.25) is 11.8 Å². The predicted octanol–water partition coefficient (Wildman–Crippen LogP) is 3.52. The number of nitrogen functional groups attached to an aromatic ring is 1. The van der Waals surface area contributed by atoms with Crippen molar-refractivity contribution in [3.8, 4) is 11.6 Å². The number of aromatic nitrogens is 4. The highest BCUT2D eigenvalue weighted by molar-refractivity contribution is 7.52. The van der Waals surface area contributed by atoms with Crippen LogP contribution < -0.4 is 20.1 Å². The fourth-order valence-electron chi connectivity index (χ4n) is 3.82. The van der Waals surface area contributed by atoms with Crippen LogP contribution in [0.1, 0.15) is 25.8 Å². The third kappa shape index (κ3) is 5.54. The van der Waals surface area contributed by atoms with E-state index in [1.807, 2.05) is 4.57 Å². The molecule has 15 heteroatoms. The zero-order chi connectivity index (χ0) is 26.0. The Kier molecular flexibility index (Phi) is 7.65. The monoisotopic (exact) mass is 542 g/mol. The fraction of sp³-hybridized carbons (Fsp3) is 0.429. The lowest BCUT2D eigenvalue weighted by Crippen LogP contribution is -2.36. The lowest BCUT2D eigenvalue weighted by molar-refractivity contribution is -0.142. The number of carbonyl (C=O) groups excluding carboxylic acids is 1. The molecule has 1 saturated carbocycles. The van der Waals surface area contributed by atoms with Crippen LogP contribution in [-0.2, 0) is 18.6 Å². The van der Waals surface area contributed by atoms with Gasteiger partial charge in [-0.2, -0.15) is 15.1 Å². The van der Waals surface area contributed by atoms with E-state index in [9.17, 15) is 13.8 Å². The first kappa shape index (κ1) is 26.1. The van der Waals surface area contributed by atoms with Gasteiger partial charge in [0, 0.05) is 11.1 Å². The third-order valence-corrected chi connectivity index (χ3v) is 7.57. The van der Waals surface area contributed by atoms with Crippen LogP contribution in [0.25, 0.3) is 11.2 Å². The van der Waals surface area contributed by atoms with Crippen LogP contribution in [0.2, 0.25) is 5.02 Å². The summed E-state index contributed by atoms with van der Waals surface area (Å²) in [5.41, 5.74) is 6.82. The van der Waals surface area contributed by atoms with Crippen LogP contribution in [-0.4, -0.2) is 52.4 Å². The maximum absolute atomic E-state index is 14.3. The first-order chi connectivity index (χ1) is 17.1. The molecule has 0 aliphatic heterocycles. The standard InChI is InChI=1S/C21H25ClFN6O6P/c1-11(20(30)33-3)28-36(31,35-16-5-4-13(22)8-15(16)23)34-9-12-6-14(7-12)29-10-25-17-18(29)26-21(24)27-19(17)32-2/h4-5,8,10-12,14H,6-7,9H2,1-3H3,(H,28,31)(H2,24,26,27)/t11-,12?,14?,36?/m0/s1. The van der Waals surface area contributed by atoms with Crippen LogP contribution in [0.3, 0.4) is 0 Å². The molecule has 1 fully saturated rings. The van der Waals surface area contributed by atoms with Crippen molar-refractivity contribution in [3.05, 3.63) is 35.4 Å². The van der Waals surface area contributed by atoms with Gasteiger partial charge in [-0.15, -0.1) is 0 Å². The summed E-state index contributed by atoms with van der Waals surface area (Å²) >= 11 is 5.78. The van der Waals surface area contributed by atoms with Crippen molar-refractivity contribution < 1.29 is 32.3 Å². The van der Waals surface area contributed by atoms with Crippen LogP contribution in [0.15, 0.2) is 24.5 Å². The molecule has 2 atom stereocenters. The summed E-state index contributed by atoms with van der Waals surface area (Å²) in [4.78, 5) is 24.5. The van der Waals surface area contributed by atoms with Crippen molar-refractivity contribution in [2.24, 2.45) is 5.92 Å². The molecule has 0 spiro atoms. The number of benzene rings is 1. The van der Waals surface area contributed by atoms with Crippen molar-refractivity contribution >= 4 is 42.4 Å². The molecular weight excluding hydrogens is 518 g/mol. The van der Waals surface area contributed by atoms with Gasteiger partial charge >= 0.3 is 13.7 Å². The minimum absolute atomic E-state index is 0.00393. The van der Waals surface area contributed by atoms with E-state index in [1.54, 1.807) is 6.33 Å². The van der Waals surface area contributed by atoms with Gasteiger partial charge in [0.1, 0.15) is 6.04 Å². The molecule has 1 aliphatic carbocycles. The Morgan fingerprint density at radius 3 is 2.78 bits per heavy atom. The van der Waals surface area contributed by atoms with Crippen LogP contribution >= 0.6 is 19.3 Å². The molecule has 0 amide bonds. The lowest BCUT2D eigenvalue weighted by Gasteiger charge is -2.36. The number of nitrogens with one attached hydrogen (secondary N) is 1. The summed E-state index contributed by atoms with van der Waals surface area (Å²) < 4.78 is 50.5. The second kappa shape index (κ2) is 10.6. The quantitative estimate of drug-likeness (QED) is 0.286. The Labute approximate surface area is 210 Å². The molecule has 3 N–H and O–H groups in total. The number of methoxy groups -OCH3 is 2. The van der Waals surface area contributed by atoms with Gasteiger partial charge in [-0.25, -0.2) is 13.9 Å². The van der Waals surface area contributed by atoms with Gasteiger partial charge < -0.3 is 24.3 Å². The van der Waals surface area contributed by atoms with E-state index in [-0.39, 0.29) is 41.2 Å². The smallest absolute Gasteiger partial charge is 0.459 e. The zero-order valence-corrected chi connectivity index (χ0v) is 21.3. The molecule has 1 unspecified atom stereocenters. The van der Waals surface area contributed by atoms with Gasteiger partial charge in [-0.05, 0) is 43.9 Å². The highest BCUT2D eigenvalue weighted by Crippen LogP contribution is 2.49. The summed E-state index contributed by atoms with van der Waals surface area (Å²) in [6.07, 6.45) is 2.94.